The van der Waals surface area contributed by atoms with Crippen LogP contribution in [0.3, 0.4) is 0 Å². The van der Waals surface area contributed by atoms with E-state index in [1.807, 2.05) is 0 Å². The molecule has 31 heavy (non-hydrogen) atoms. The summed E-state index contributed by atoms with van der Waals surface area (Å²) in [6, 6.07) is 4.63. The molecule has 0 bridgehead atoms. The van der Waals surface area contributed by atoms with Crippen LogP contribution in [-0.4, -0.2) is 48.7 Å². The second kappa shape index (κ2) is 10.3. The molecule has 1 amide bonds. The van der Waals surface area contributed by atoms with Gasteiger partial charge in [0.2, 0.25) is 5.91 Å². The molecule has 0 aromatic carbocycles. The molecule has 2 fully saturated rings. The Morgan fingerprint density at radius 3 is 2.90 bits per heavy atom. The molecule has 4 heterocycles. The van der Waals surface area contributed by atoms with E-state index in [0.717, 1.165) is 45.4 Å². The standard InChI is InChI=1S/C22H27ClFN5O2/c23-17-13-26-20(29-22(30)15-2-1-7-25-12-15)10-16(17)19-4-3-18(24)21(28-19)27-11-14-5-8-31-9-6-14/h3-4,10,13-15,25H,1-2,5-9,11-12H2,(H,27,28)(H,26,29,30). The van der Waals surface area contributed by atoms with Crippen molar-refractivity contribution in [1.29, 1.82) is 0 Å². The van der Waals surface area contributed by atoms with Gasteiger partial charge in [-0.05, 0) is 56.3 Å². The van der Waals surface area contributed by atoms with E-state index in [4.69, 9.17) is 16.3 Å². The zero-order valence-corrected chi connectivity index (χ0v) is 18.1. The Balaban J connectivity index is 1.48. The van der Waals surface area contributed by atoms with Gasteiger partial charge in [0.1, 0.15) is 5.82 Å². The monoisotopic (exact) mass is 447 g/mol. The van der Waals surface area contributed by atoms with E-state index in [1.165, 1.54) is 12.3 Å². The third-order valence-corrected chi connectivity index (χ3v) is 6.10. The number of amides is 1. The number of hydrogen-bond donors (Lipinski definition) is 3. The molecule has 2 aromatic heterocycles. The molecule has 9 heteroatoms. The summed E-state index contributed by atoms with van der Waals surface area (Å²) in [5.41, 5.74) is 1.10. The van der Waals surface area contributed by atoms with E-state index in [-0.39, 0.29) is 17.6 Å². The molecule has 166 valence electrons. The summed E-state index contributed by atoms with van der Waals surface area (Å²) in [5, 5.41) is 9.60. The molecule has 2 aliphatic heterocycles. The van der Waals surface area contributed by atoms with E-state index in [1.54, 1.807) is 12.1 Å². The summed E-state index contributed by atoms with van der Waals surface area (Å²) < 4.78 is 19.7. The molecule has 2 aromatic rings. The molecule has 0 aliphatic carbocycles. The van der Waals surface area contributed by atoms with Crippen molar-refractivity contribution >= 4 is 29.1 Å². The van der Waals surface area contributed by atoms with Gasteiger partial charge in [0.15, 0.2) is 11.6 Å². The van der Waals surface area contributed by atoms with Gasteiger partial charge in [0, 0.05) is 38.1 Å². The maximum atomic E-state index is 14.3. The predicted molar refractivity (Wildman–Crippen MR) is 119 cm³/mol. The van der Waals surface area contributed by atoms with Crippen molar-refractivity contribution < 1.29 is 13.9 Å². The number of anilines is 2. The largest absolute Gasteiger partial charge is 0.381 e. The molecule has 1 unspecified atom stereocenters. The van der Waals surface area contributed by atoms with Crippen molar-refractivity contribution in [3.63, 3.8) is 0 Å². The predicted octanol–water partition coefficient (Wildman–Crippen LogP) is 3.71. The van der Waals surface area contributed by atoms with Crippen LogP contribution in [0, 0.1) is 17.7 Å². The zero-order valence-electron chi connectivity index (χ0n) is 17.3. The number of carbonyl (C=O) groups excluding carboxylic acids is 1. The summed E-state index contributed by atoms with van der Waals surface area (Å²) >= 11 is 6.35. The fourth-order valence-corrected chi connectivity index (χ4v) is 4.12. The Morgan fingerprint density at radius 2 is 2.13 bits per heavy atom. The van der Waals surface area contributed by atoms with Crippen LogP contribution < -0.4 is 16.0 Å². The number of nitrogens with one attached hydrogen (secondary N) is 3. The van der Waals surface area contributed by atoms with Gasteiger partial charge in [-0.1, -0.05) is 11.6 Å². The quantitative estimate of drug-likeness (QED) is 0.625. The normalized spacial score (nSPS) is 19.7. The lowest BCUT2D eigenvalue weighted by molar-refractivity contribution is -0.120. The van der Waals surface area contributed by atoms with Crippen molar-refractivity contribution in [3.05, 3.63) is 35.2 Å². The lowest BCUT2D eigenvalue weighted by Crippen LogP contribution is -2.37. The smallest absolute Gasteiger partial charge is 0.229 e. The van der Waals surface area contributed by atoms with Gasteiger partial charge in [0.25, 0.3) is 0 Å². The highest BCUT2D eigenvalue weighted by atomic mass is 35.5. The third-order valence-electron chi connectivity index (χ3n) is 5.80. The topological polar surface area (TPSA) is 88.2 Å². The maximum Gasteiger partial charge on any atom is 0.229 e. The van der Waals surface area contributed by atoms with E-state index < -0.39 is 5.82 Å². The number of pyridine rings is 2. The fourth-order valence-electron chi connectivity index (χ4n) is 3.91. The first-order valence-corrected chi connectivity index (χ1v) is 11.1. The van der Waals surface area contributed by atoms with Crippen LogP contribution in [0.4, 0.5) is 16.0 Å². The SMILES string of the molecule is O=C(Nc1cc(-c2ccc(F)c(NCC3CCOCC3)n2)c(Cl)cn1)C1CCCNC1. The highest BCUT2D eigenvalue weighted by molar-refractivity contribution is 6.33. The van der Waals surface area contributed by atoms with Crippen LogP contribution in [-0.2, 0) is 9.53 Å². The summed E-state index contributed by atoms with van der Waals surface area (Å²) in [4.78, 5) is 21.2. The Labute approximate surface area is 186 Å². The first-order valence-electron chi connectivity index (χ1n) is 10.8. The van der Waals surface area contributed by atoms with Crippen molar-refractivity contribution in [2.24, 2.45) is 11.8 Å². The zero-order chi connectivity index (χ0) is 21.6. The van der Waals surface area contributed by atoms with Gasteiger partial charge in [-0.25, -0.2) is 14.4 Å². The molecule has 2 aliphatic rings. The minimum Gasteiger partial charge on any atom is -0.381 e. The Morgan fingerprint density at radius 1 is 1.29 bits per heavy atom. The van der Waals surface area contributed by atoms with Crippen LogP contribution in [0.25, 0.3) is 11.3 Å². The highest BCUT2D eigenvalue weighted by Crippen LogP contribution is 2.30. The van der Waals surface area contributed by atoms with Gasteiger partial charge in [-0.15, -0.1) is 0 Å². The molecule has 2 saturated heterocycles. The second-order valence-electron chi connectivity index (χ2n) is 8.05. The Hall–Kier alpha value is -2.29. The summed E-state index contributed by atoms with van der Waals surface area (Å²) in [5.74, 6) is 0.450. The summed E-state index contributed by atoms with van der Waals surface area (Å²) in [6.45, 7) is 3.71. The van der Waals surface area contributed by atoms with Gasteiger partial charge in [-0.3, -0.25) is 4.79 Å². The maximum absolute atomic E-state index is 14.3. The van der Waals surface area contributed by atoms with E-state index in [9.17, 15) is 9.18 Å². The Kier molecular flexibility index (Phi) is 7.32. The van der Waals surface area contributed by atoms with Gasteiger partial charge in [-0.2, -0.15) is 0 Å². The lowest BCUT2D eigenvalue weighted by Gasteiger charge is -2.22. The van der Waals surface area contributed by atoms with Crippen LogP contribution in [0.2, 0.25) is 5.02 Å². The van der Waals surface area contributed by atoms with Crippen LogP contribution in [0.15, 0.2) is 24.4 Å². The lowest BCUT2D eigenvalue weighted by atomic mass is 9.99. The molecule has 0 spiro atoms. The minimum absolute atomic E-state index is 0.0705. The second-order valence-corrected chi connectivity index (χ2v) is 8.45. The van der Waals surface area contributed by atoms with Crippen molar-refractivity contribution in [1.82, 2.24) is 15.3 Å². The molecule has 3 N–H and O–H groups in total. The number of halogens is 2. The molecule has 7 nitrogen and oxygen atoms in total. The highest BCUT2D eigenvalue weighted by Gasteiger charge is 2.22. The van der Waals surface area contributed by atoms with Gasteiger partial charge in [0.05, 0.1) is 16.6 Å². The number of carbonyl (C=O) groups is 1. The first kappa shape index (κ1) is 21.9. The van der Waals surface area contributed by atoms with Crippen molar-refractivity contribution in [2.45, 2.75) is 25.7 Å². The Bertz CT molecular complexity index is 917. The summed E-state index contributed by atoms with van der Waals surface area (Å²) in [7, 11) is 0. The number of nitrogens with zero attached hydrogens (tertiary/aromatic N) is 2. The van der Waals surface area contributed by atoms with Crippen molar-refractivity contribution in [2.75, 3.05) is 43.5 Å². The number of ether oxygens (including phenoxy) is 1. The molecule has 0 radical (unpaired) electrons. The number of aromatic nitrogens is 2. The van der Waals surface area contributed by atoms with E-state index >= 15 is 0 Å². The molecule has 1 atom stereocenters. The molecule has 4 rings (SSSR count). The van der Waals surface area contributed by atoms with E-state index in [2.05, 4.69) is 25.9 Å². The number of rotatable bonds is 6. The number of hydrogen-bond acceptors (Lipinski definition) is 6. The van der Waals surface area contributed by atoms with Gasteiger partial charge >= 0.3 is 0 Å². The third kappa shape index (κ3) is 5.70. The van der Waals surface area contributed by atoms with Crippen LogP contribution >= 0.6 is 11.6 Å². The van der Waals surface area contributed by atoms with E-state index in [0.29, 0.717) is 41.1 Å². The van der Waals surface area contributed by atoms with Crippen LogP contribution in [0.5, 0.6) is 0 Å². The average Bonchev–Trinajstić information content (AvgIpc) is 2.81. The van der Waals surface area contributed by atoms with Crippen LogP contribution in [0.1, 0.15) is 25.7 Å². The first-order chi connectivity index (χ1) is 15.1. The molecular formula is C22H27ClFN5O2. The molecule has 0 saturated carbocycles. The fraction of sp³-hybridized carbons (Fsp3) is 0.500. The van der Waals surface area contributed by atoms with Gasteiger partial charge < -0.3 is 20.7 Å². The number of piperidine rings is 1. The summed E-state index contributed by atoms with van der Waals surface area (Å²) in [6.07, 6.45) is 5.20. The van der Waals surface area contributed by atoms with Crippen molar-refractivity contribution in [3.8, 4) is 11.3 Å². The molecular weight excluding hydrogens is 421 g/mol. The minimum atomic E-state index is -0.417. The average molecular weight is 448 g/mol.